The van der Waals surface area contributed by atoms with Crippen LogP contribution in [0.5, 0.6) is 0 Å². The molecule has 4 N–H and O–H groups in total. The van der Waals surface area contributed by atoms with Gasteiger partial charge in [0.2, 0.25) is 5.91 Å². The zero-order valence-corrected chi connectivity index (χ0v) is 10.6. The number of amides is 1. The molecular weight excluding hydrogens is 244 g/mol. The van der Waals surface area contributed by atoms with Gasteiger partial charge in [0.25, 0.3) is 0 Å². The van der Waals surface area contributed by atoms with E-state index >= 15 is 0 Å². The Kier molecular flexibility index (Phi) is 4.04. The zero-order valence-electron chi connectivity index (χ0n) is 10.6. The first kappa shape index (κ1) is 13.4. The van der Waals surface area contributed by atoms with E-state index in [0.717, 1.165) is 18.5 Å². The summed E-state index contributed by atoms with van der Waals surface area (Å²) in [4.78, 5) is 21.8. The summed E-state index contributed by atoms with van der Waals surface area (Å²) in [5.41, 5.74) is 6.60. The molecule has 1 saturated carbocycles. The van der Waals surface area contributed by atoms with Gasteiger partial charge in [-0.2, -0.15) is 0 Å². The lowest BCUT2D eigenvalue weighted by Gasteiger charge is -2.27. The fourth-order valence-corrected chi connectivity index (χ4v) is 2.45. The van der Waals surface area contributed by atoms with Gasteiger partial charge in [-0.1, -0.05) is 0 Å². The van der Waals surface area contributed by atoms with Gasteiger partial charge in [0.15, 0.2) is 0 Å². The molecule has 2 rings (SSSR count). The molecule has 1 amide bonds. The summed E-state index contributed by atoms with van der Waals surface area (Å²) < 4.78 is 0. The lowest BCUT2D eigenvalue weighted by Crippen LogP contribution is -2.29. The van der Waals surface area contributed by atoms with Gasteiger partial charge in [-0.15, -0.1) is 0 Å². The quantitative estimate of drug-likeness (QED) is 0.772. The Balaban J connectivity index is 1.88. The van der Waals surface area contributed by atoms with Crippen LogP contribution in [0.4, 0.5) is 5.69 Å². The Hall–Kier alpha value is -2.04. The van der Waals surface area contributed by atoms with E-state index in [9.17, 15) is 9.59 Å². The highest BCUT2D eigenvalue weighted by Crippen LogP contribution is 2.26. The number of primary amides is 1. The van der Waals surface area contributed by atoms with Gasteiger partial charge in [-0.3, -0.25) is 9.59 Å². The highest BCUT2D eigenvalue weighted by Gasteiger charge is 2.25. The average molecular weight is 262 g/mol. The van der Waals surface area contributed by atoms with Crippen LogP contribution in [0.3, 0.4) is 0 Å². The summed E-state index contributed by atoms with van der Waals surface area (Å²) in [7, 11) is 0. The summed E-state index contributed by atoms with van der Waals surface area (Å²) >= 11 is 0. The van der Waals surface area contributed by atoms with Crippen LogP contribution < -0.4 is 11.1 Å². The number of nitrogens with one attached hydrogen (secondary N) is 1. The second kappa shape index (κ2) is 5.73. The molecule has 1 fully saturated rings. The molecule has 1 aliphatic carbocycles. The molecule has 19 heavy (non-hydrogen) atoms. The summed E-state index contributed by atoms with van der Waals surface area (Å²) in [6.45, 7) is 0. The molecule has 1 aliphatic rings. The van der Waals surface area contributed by atoms with Gasteiger partial charge in [-0.05, 0) is 49.9 Å². The van der Waals surface area contributed by atoms with Gasteiger partial charge < -0.3 is 16.2 Å². The van der Waals surface area contributed by atoms with Crippen molar-refractivity contribution < 1.29 is 14.7 Å². The molecule has 0 aromatic heterocycles. The maximum absolute atomic E-state index is 10.9. The fraction of sp³-hybridized carbons (Fsp3) is 0.429. The first-order valence-corrected chi connectivity index (χ1v) is 6.45. The molecule has 1 aromatic carbocycles. The number of carbonyl (C=O) groups excluding carboxylic acids is 1. The predicted octanol–water partition coefficient (Wildman–Crippen LogP) is 1.84. The van der Waals surface area contributed by atoms with E-state index in [1.54, 1.807) is 12.1 Å². The van der Waals surface area contributed by atoms with E-state index in [4.69, 9.17) is 10.8 Å². The Morgan fingerprint density at radius 2 is 1.68 bits per heavy atom. The molecule has 5 heteroatoms. The molecule has 0 unspecified atom stereocenters. The normalized spacial score (nSPS) is 22.7. The van der Waals surface area contributed by atoms with Crippen LogP contribution in [0, 0.1) is 5.92 Å². The van der Waals surface area contributed by atoms with Gasteiger partial charge in [0, 0.05) is 17.3 Å². The van der Waals surface area contributed by atoms with E-state index in [1.165, 1.54) is 0 Å². The third-order valence-electron chi connectivity index (χ3n) is 3.62. The number of anilines is 1. The number of aliphatic carboxylic acids is 1. The van der Waals surface area contributed by atoms with Crippen LogP contribution in [0.15, 0.2) is 24.3 Å². The number of nitrogens with two attached hydrogens (primary N) is 1. The Morgan fingerprint density at radius 1 is 1.11 bits per heavy atom. The molecule has 0 atom stereocenters. The summed E-state index contributed by atoms with van der Waals surface area (Å²) in [6, 6.07) is 7.32. The van der Waals surface area contributed by atoms with Crippen molar-refractivity contribution in [1.29, 1.82) is 0 Å². The van der Waals surface area contributed by atoms with Gasteiger partial charge in [-0.25, -0.2) is 0 Å². The minimum Gasteiger partial charge on any atom is -0.481 e. The molecule has 0 heterocycles. The van der Waals surface area contributed by atoms with Crippen molar-refractivity contribution in [2.24, 2.45) is 11.7 Å². The van der Waals surface area contributed by atoms with Crippen LogP contribution >= 0.6 is 0 Å². The largest absolute Gasteiger partial charge is 0.481 e. The lowest BCUT2D eigenvalue weighted by molar-refractivity contribution is -0.142. The van der Waals surface area contributed by atoms with Crippen molar-refractivity contribution in [3.63, 3.8) is 0 Å². The molecule has 0 spiro atoms. The number of carboxylic acid groups (broad SMARTS) is 1. The number of hydrogen-bond acceptors (Lipinski definition) is 3. The SMILES string of the molecule is NC(=O)c1ccc(NC2CCC(C(=O)O)CC2)cc1. The maximum Gasteiger partial charge on any atom is 0.306 e. The van der Waals surface area contributed by atoms with Crippen molar-refractivity contribution >= 4 is 17.6 Å². The van der Waals surface area contributed by atoms with Gasteiger partial charge in [0.05, 0.1) is 5.92 Å². The minimum atomic E-state index is -0.690. The van der Waals surface area contributed by atoms with Crippen LogP contribution in [-0.4, -0.2) is 23.0 Å². The van der Waals surface area contributed by atoms with E-state index < -0.39 is 11.9 Å². The molecule has 102 valence electrons. The molecule has 1 aromatic rings. The van der Waals surface area contributed by atoms with Crippen LogP contribution in [-0.2, 0) is 4.79 Å². The smallest absolute Gasteiger partial charge is 0.306 e. The zero-order chi connectivity index (χ0) is 13.8. The van der Waals surface area contributed by atoms with Crippen LogP contribution in [0.1, 0.15) is 36.0 Å². The first-order chi connectivity index (χ1) is 9.06. The molecular formula is C14H18N2O3. The average Bonchev–Trinajstić information content (AvgIpc) is 2.40. The second-order valence-corrected chi connectivity index (χ2v) is 4.97. The van der Waals surface area contributed by atoms with Crippen molar-refractivity contribution in [3.05, 3.63) is 29.8 Å². The van der Waals surface area contributed by atoms with Crippen molar-refractivity contribution in [2.75, 3.05) is 5.32 Å². The monoisotopic (exact) mass is 262 g/mol. The molecule has 0 bridgehead atoms. The van der Waals surface area contributed by atoms with E-state index in [0.29, 0.717) is 24.4 Å². The van der Waals surface area contributed by atoms with E-state index in [1.807, 2.05) is 12.1 Å². The number of rotatable bonds is 4. The highest BCUT2D eigenvalue weighted by molar-refractivity contribution is 5.93. The van der Waals surface area contributed by atoms with Gasteiger partial charge >= 0.3 is 5.97 Å². The van der Waals surface area contributed by atoms with E-state index in [2.05, 4.69) is 5.32 Å². The highest BCUT2D eigenvalue weighted by atomic mass is 16.4. The number of hydrogen-bond donors (Lipinski definition) is 3. The maximum atomic E-state index is 10.9. The Morgan fingerprint density at radius 3 is 2.16 bits per heavy atom. The third kappa shape index (κ3) is 3.47. The Labute approximate surface area is 111 Å². The van der Waals surface area contributed by atoms with Crippen LogP contribution in [0.2, 0.25) is 0 Å². The summed E-state index contributed by atoms with van der Waals surface area (Å²) in [6.07, 6.45) is 3.14. The van der Waals surface area contributed by atoms with Crippen molar-refractivity contribution in [3.8, 4) is 0 Å². The molecule has 0 radical (unpaired) electrons. The third-order valence-corrected chi connectivity index (χ3v) is 3.62. The molecule has 0 aliphatic heterocycles. The summed E-state index contributed by atoms with van der Waals surface area (Å²) in [5.74, 6) is -1.33. The fourth-order valence-electron chi connectivity index (χ4n) is 2.45. The topological polar surface area (TPSA) is 92.4 Å². The molecule has 0 saturated heterocycles. The predicted molar refractivity (Wildman–Crippen MR) is 72.0 cm³/mol. The van der Waals surface area contributed by atoms with E-state index in [-0.39, 0.29) is 5.92 Å². The number of carboxylic acids is 1. The summed E-state index contributed by atoms with van der Waals surface area (Å²) in [5, 5.41) is 12.3. The number of benzene rings is 1. The number of carbonyl (C=O) groups is 2. The molecule has 5 nitrogen and oxygen atoms in total. The van der Waals surface area contributed by atoms with Crippen LogP contribution in [0.25, 0.3) is 0 Å². The minimum absolute atomic E-state index is 0.199. The standard InChI is InChI=1S/C14H18N2O3/c15-13(17)9-1-5-11(6-2-9)16-12-7-3-10(4-8-12)14(18)19/h1-2,5-6,10,12,16H,3-4,7-8H2,(H2,15,17)(H,18,19). The van der Waals surface area contributed by atoms with Crippen molar-refractivity contribution in [2.45, 2.75) is 31.7 Å². The van der Waals surface area contributed by atoms with Crippen molar-refractivity contribution in [1.82, 2.24) is 0 Å². The second-order valence-electron chi connectivity index (χ2n) is 4.97. The Bertz CT molecular complexity index is 462. The lowest BCUT2D eigenvalue weighted by atomic mass is 9.86. The van der Waals surface area contributed by atoms with Gasteiger partial charge in [0.1, 0.15) is 0 Å². The first-order valence-electron chi connectivity index (χ1n) is 6.45.